The molecule has 3 N–H and O–H groups in total. The van der Waals surface area contributed by atoms with Crippen LogP contribution in [0.3, 0.4) is 0 Å². The molecule has 1 heterocycles. The molecule has 1 aliphatic heterocycles. The highest BCUT2D eigenvalue weighted by Gasteiger charge is 2.42. The Morgan fingerprint density at radius 2 is 2.21 bits per heavy atom. The van der Waals surface area contributed by atoms with Gasteiger partial charge < -0.3 is 15.7 Å². The number of unbranched alkanes of at least 4 members (excludes halogenated alkanes) is 1. The molecule has 0 spiro atoms. The van der Waals surface area contributed by atoms with Crippen molar-refractivity contribution in [1.82, 2.24) is 10.6 Å². The number of carboxylic acids is 1. The van der Waals surface area contributed by atoms with Crippen LogP contribution < -0.4 is 10.6 Å². The van der Waals surface area contributed by atoms with Gasteiger partial charge in [-0.15, -0.1) is 0 Å². The molecule has 5 nitrogen and oxygen atoms in total. The first-order valence-corrected chi connectivity index (χ1v) is 7.40. The Morgan fingerprint density at radius 3 is 2.89 bits per heavy atom. The first kappa shape index (κ1) is 14.3. The van der Waals surface area contributed by atoms with Crippen LogP contribution in [0.5, 0.6) is 0 Å². The second kappa shape index (κ2) is 6.37. The van der Waals surface area contributed by atoms with Gasteiger partial charge in [0.1, 0.15) is 6.04 Å². The molecule has 2 fully saturated rings. The fourth-order valence-corrected chi connectivity index (χ4v) is 3.40. The zero-order chi connectivity index (χ0) is 13.8. The van der Waals surface area contributed by atoms with Crippen molar-refractivity contribution >= 4 is 11.9 Å². The molecule has 0 aromatic heterocycles. The van der Waals surface area contributed by atoms with Crippen LogP contribution in [0.25, 0.3) is 0 Å². The third-order valence-corrected chi connectivity index (χ3v) is 4.49. The highest BCUT2D eigenvalue weighted by molar-refractivity contribution is 5.87. The predicted molar refractivity (Wildman–Crippen MR) is 71.7 cm³/mol. The van der Waals surface area contributed by atoms with Gasteiger partial charge in [0.15, 0.2) is 0 Å². The van der Waals surface area contributed by atoms with Crippen LogP contribution in [0.1, 0.15) is 45.4 Å². The molecule has 0 aromatic rings. The van der Waals surface area contributed by atoms with Crippen LogP contribution in [0, 0.1) is 11.8 Å². The molecule has 4 unspecified atom stereocenters. The molecule has 1 saturated carbocycles. The van der Waals surface area contributed by atoms with Gasteiger partial charge in [0, 0.05) is 0 Å². The summed E-state index contributed by atoms with van der Waals surface area (Å²) >= 11 is 0. The lowest BCUT2D eigenvalue weighted by Crippen LogP contribution is -2.50. The Labute approximate surface area is 114 Å². The maximum absolute atomic E-state index is 12.2. The van der Waals surface area contributed by atoms with E-state index in [2.05, 4.69) is 10.6 Å². The molecule has 2 rings (SSSR count). The molecular formula is C14H24N2O3. The molecule has 4 atom stereocenters. The summed E-state index contributed by atoms with van der Waals surface area (Å²) in [6.07, 6.45) is 5.74. The summed E-state index contributed by atoms with van der Waals surface area (Å²) in [6, 6.07) is -0.925. The van der Waals surface area contributed by atoms with Gasteiger partial charge in [-0.1, -0.05) is 26.2 Å². The first-order chi connectivity index (χ1) is 9.13. The SMILES string of the molecule is CCCCC(NC(=O)C1NCC2CCCC21)C(=O)O. The molecule has 0 aromatic carbocycles. The molecule has 1 amide bonds. The maximum atomic E-state index is 12.2. The normalized spacial score (nSPS) is 30.9. The number of hydrogen-bond acceptors (Lipinski definition) is 3. The molecule has 5 heteroatoms. The molecule has 0 radical (unpaired) electrons. The van der Waals surface area contributed by atoms with E-state index in [4.69, 9.17) is 5.11 Å². The van der Waals surface area contributed by atoms with E-state index in [0.29, 0.717) is 18.3 Å². The highest BCUT2D eigenvalue weighted by atomic mass is 16.4. The van der Waals surface area contributed by atoms with Gasteiger partial charge >= 0.3 is 5.97 Å². The Balaban J connectivity index is 1.90. The standard InChI is InChI=1S/C14H24N2O3/c1-2-3-7-11(14(18)19)16-13(17)12-10-6-4-5-9(10)8-15-12/h9-12,15H,2-8H2,1H3,(H,16,17)(H,18,19). The number of rotatable bonds is 6. The molecular weight excluding hydrogens is 244 g/mol. The van der Waals surface area contributed by atoms with Crippen LogP contribution in [0.4, 0.5) is 0 Å². The Morgan fingerprint density at radius 1 is 1.42 bits per heavy atom. The van der Waals surface area contributed by atoms with E-state index in [9.17, 15) is 9.59 Å². The molecule has 1 aliphatic carbocycles. The largest absolute Gasteiger partial charge is 0.480 e. The molecule has 108 valence electrons. The van der Waals surface area contributed by atoms with Crippen molar-refractivity contribution in [1.29, 1.82) is 0 Å². The number of hydrogen-bond donors (Lipinski definition) is 3. The van der Waals surface area contributed by atoms with Gasteiger partial charge in [-0.3, -0.25) is 4.79 Å². The van der Waals surface area contributed by atoms with Gasteiger partial charge in [0.2, 0.25) is 5.91 Å². The number of carboxylic acid groups (broad SMARTS) is 1. The van der Waals surface area contributed by atoms with Gasteiger partial charge in [-0.05, 0) is 37.6 Å². The van der Waals surface area contributed by atoms with E-state index in [-0.39, 0.29) is 11.9 Å². The molecule has 1 saturated heterocycles. The Kier molecular flexibility index (Phi) is 4.80. The number of fused-ring (bicyclic) bond motifs is 1. The van der Waals surface area contributed by atoms with Crippen molar-refractivity contribution in [2.45, 2.75) is 57.5 Å². The van der Waals surface area contributed by atoms with Crippen LogP contribution in [0.15, 0.2) is 0 Å². The van der Waals surface area contributed by atoms with Crippen molar-refractivity contribution in [2.75, 3.05) is 6.54 Å². The van der Waals surface area contributed by atoms with E-state index < -0.39 is 12.0 Å². The number of nitrogens with one attached hydrogen (secondary N) is 2. The van der Waals surface area contributed by atoms with Gasteiger partial charge in [-0.25, -0.2) is 4.79 Å². The van der Waals surface area contributed by atoms with Crippen molar-refractivity contribution in [2.24, 2.45) is 11.8 Å². The first-order valence-electron chi connectivity index (χ1n) is 7.40. The summed E-state index contributed by atoms with van der Waals surface area (Å²) in [5.74, 6) is -0.0454. The summed E-state index contributed by atoms with van der Waals surface area (Å²) in [5.41, 5.74) is 0. The zero-order valence-electron chi connectivity index (χ0n) is 11.5. The minimum atomic E-state index is -0.928. The smallest absolute Gasteiger partial charge is 0.326 e. The summed E-state index contributed by atoms with van der Waals surface area (Å²) in [6.45, 7) is 2.91. The minimum Gasteiger partial charge on any atom is -0.480 e. The Hall–Kier alpha value is -1.10. The van der Waals surface area contributed by atoms with Crippen LogP contribution >= 0.6 is 0 Å². The van der Waals surface area contributed by atoms with E-state index in [1.807, 2.05) is 6.92 Å². The van der Waals surface area contributed by atoms with E-state index in [1.54, 1.807) is 0 Å². The van der Waals surface area contributed by atoms with Crippen LogP contribution in [0.2, 0.25) is 0 Å². The van der Waals surface area contributed by atoms with Crippen molar-refractivity contribution in [3.63, 3.8) is 0 Å². The fraction of sp³-hybridized carbons (Fsp3) is 0.857. The third kappa shape index (κ3) is 3.26. The van der Waals surface area contributed by atoms with Crippen molar-refractivity contribution in [3.8, 4) is 0 Å². The van der Waals surface area contributed by atoms with Crippen molar-refractivity contribution in [3.05, 3.63) is 0 Å². The quantitative estimate of drug-likeness (QED) is 0.675. The lowest BCUT2D eigenvalue weighted by atomic mass is 9.93. The average Bonchev–Trinajstić information content (AvgIpc) is 2.95. The second-order valence-corrected chi connectivity index (χ2v) is 5.78. The monoisotopic (exact) mass is 268 g/mol. The maximum Gasteiger partial charge on any atom is 0.326 e. The molecule has 2 aliphatic rings. The summed E-state index contributed by atoms with van der Waals surface area (Å²) < 4.78 is 0. The topological polar surface area (TPSA) is 78.4 Å². The van der Waals surface area contributed by atoms with Crippen LogP contribution in [-0.4, -0.2) is 35.6 Å². The second-order valence-electron chi connectivity index (χ2n) is 5.78. The predicted octanol–water partition coefficient (Wildman–Crippen LogP) is 1.13. The van der Waals surface area contributed by atoms with Gasteiger partial charge in [0.25, 0.3) is 0 Å². The number of aliphatic carboxylic acids is 1. The average molecular weight is 268 g/mol. The minimum absolute atomic E-state index is 0.127. The summed E-state index contributed by atoms with van der Waals surface area (Å²) in [5, 5.41) is 15.1. The highest BCUT2D eigenvalue weighted by Crippen LogP contribution is 2.37. The number of carbonyl (C=O) groups is 2. The third-order valence-electron chi connectivity index (χ3n) is 4.49. The van der Waals surface area contributed by atoms with Crippen molar-refractivity contribution < 1.29 is 14.7 Å². The van der Waals surface area contributed by atoms with Crippen LogP contribution in [-0.2, 0) is 9.59 Å². The van der Waals surface area contributed by atoms with Gasteiger partial charge in [-0.2, -0.15) is 0 Å². The molecule has 19 heavy (non-hydrogen) atoms. The van der Waals surface area contributed by atoms with E-state index in [1.165, 1.54) is 12.8 Å². The Bertz CT molecular complexity index is 346. The fourth-order valence-electron chi connectivity index (χ4n) is 3.40. The van der Waals surface area contributed by atoms with E-state index in [0.717, 1.165) is 25.8 Å². The lowest BCUT2D eigenvalue weighted by Gasteiger charge is -2.21. The summed E-state index contributed by atoms with van der Waals surface area (Å²) in [4.78, 5) is 23.4. The van der Waals surface area contributed by atoms with E-state index >= 15 is 0 Å². The molecule has 0 bridgehead atoms. The summed E-state index contributed by atoms with van der Waals surface area (Å²) in [7, 11) is 0. The number of carbonyl (C=O) groups excluding carboxylic acids is 1. The zero-order valence-corrected chi connectivity index (χ0v) is 11.5. The lowest BCUT2D eigenvalue weighted by molar-refractivity contribution is -0.142. The van der Waals surface area contributed by atoms with Gasteiger partial charge in [0.05, 0.1) is 6.04 Å². The number of amides is 1.